The summed E-state index contributed by atoms with van der Waals surface area (Å²) < 4.78 is 16.5. The molecule has 2 aromatic rings. The Balaban J connectivity index is 1.44. The molecule has 6 nitrogen and oxygen atoms in total. The van der Waals surface area contributed by atoms with E-state index in [2.05, 4.69) is 15.5 Å². The summed E-state index contributed by atoms with van der Waals surface area (Å²) in [6.45, 7) is 3.00. The van der Waals surface area contributed by atoms with Crippen LogP contribution in [0.15, 0.2) is 34.9 Å². The van der Waals surface area contributed by atoms with Gasteiger partial charge in [0, 0.05) is 19.5 Å². The van der Waals surface area contributed by atoms with Crippen LogP contribution in [0.4, 0.5) is 0 Å². The maximum absolute atomic E-state index is 5.62. The van der Waals surface area contributed by atoms with E-state index in [1.54, 1.807) is 0 Å². The predicted molar refractivity (Wildman–Crippen MR) is 76.3 cm³/mol. The van der Waals surface area contributed by atoms with Crippen molar-refractivity contribution in [3.63, 3.8) is 0 Å². The van der Waals surface area contributed by atoms with Crippen LogP contribution in [0.3, 0.4) is 0 Å². The number of para-hydroxylation sites is 1. The first-order chi connectivity index (χ1) is 10.4. The highest BCUT2D eigenvalue weighted by atomic mass is 16.5. The zero-order valence-corrected chi connectivity index (χ0v) is 11.8. The van der Waals surface area contributed by atoms with Gasteiger partial charge >= 0.3 is 0 Å². The highest BCUT2D eigenvalue weighted by molar-refractivity contribution is 5.20. The van der Waals surface area contributed by atoms with Gasteiger partial charge in [0.15, 0.2) is 5.82 Å². The van der Waals surface area contributed by atoms with E-state index in [-0.39, 0.29) is 6.10 Å². The second-order valence-electron chi connectivity index (χ2n) is 4.92. The van der Waals surface area contributed by atoms with Crippen molar-refractivity contribution in [1.29, 1.82) is 0 Å². The van der Waals surface area contributed by atoms with E-state index in [1.165, 1.54) is 0 Å². The fraction of sp³-hybridized carbons (Fsp3) is 0.467. The van der Waals surface area contributed by atoms with Gasteiger partial charge in [0.2, 0.25) is 5.89 Å². The van der Waals surface area contributed by atoms with Crippen LogP contribution in [-0.2, 0) is 17.6 Å². The van der Waals surface area contributed by atoms with Crippen LogP contribution < -0.4 is 10.1 Å². The predicted octanol–water partition coefficient (Wildman–Crippen LogP) is 1.22. The van der Waals surface area contributed by atoms with Crippen molar-refractivity contribution in [1.82, 2.24) is 15.5 Å². The molecule has 6 heteroatoms. The second-order valence-corrected chi connectivity index (χ2v) is 4.92. The third-order valence-corrected chi connectivity index (χ3v) is 3.25. The van der Waals surface area contributed by atoms with E-state index in [0.29, 0.717) is 31.2 Å². The lowest BCUT2D eigenvalue weighted by molar-refractivity contribution is 0.0246. The van der Waals surface area contributed by atoms with Gasteiger partial charge in [-0.2, -0.15) is 4.98 Å². The molecule has 1 saturated heterocycles. The van der Waals surface area contributed by atoms with Gasteiger partial charge in [0.1, 0.15) is 5.75 Å². The van der Waals surface area contributed by atoms with Gasteiger partial charge in [0.05, 0.1) is 25.7 Å². The van der Waals surface area contributed by atoms with E-state index in [9.17, 15) is 0 Å². The average molecular weight is 289 g/mol. The van der Waals surface area contributed by atoms with Gasteiger partial charge in [-0.05, 0) is 12.1 Å². The van der Waals surface area contributed by atoms with Crippen molar-refractivity contribution in [3.8, 4) is 5.75 Å². The third-order valence-electron chi connectivity index (χ3n) is 3.25. The molecule has 0 aliphatic carbocycles. The van der Waals surface area contributed by atoms with Gasteiger partial charge in [-0.15, -0.1) is 0 Å². The molecule has 0 amide bonds. The molecule has 1 aromatic heterocycles. The molecule has 0 radical (unpaired) electrons. The number of aromatic nitrogens is 2. The molecule has 1 N–H and O–H groups in total. The van der Waals surface area contributed by atoms with E-state index < -0.39 is 0 Å². The Morgan fingerprint density at radius 1 is 1.29 bits per heavy atom. The van der Waals surface area contributed by atoms with Crippen LogP contribution in [0.1, 0.15) is 11.7 Å². The highest BCUT2D eigenvalue weighted by Crippen LogP contribution is 2.10. The van der Waals surface area contributed by atoms with Crippen LogP contribution in [0.2, 0.25) is 0 Å². The molecule has 1 fully saturated rings. The lowest BCUT2D eigenvalue weighted by Crippen LogP contribution is -2.39. The summed E-state index contributed by atoms with van der Waals surface area (Å²) in [4.78, 5) is 4.37. The highest BCUT2D eigenvalue weighted by Gasteiger charge is 2.17. The summed E-state index contributed by atoms with van der Waals surface area (Å²) in [6.07, 6.45) is 1.40. The van der Waals surface area contributed by atoms with Gasteiger partial charge in [0.25, 0.3) is 0 Å². The van der Waals surface area contributed by atoms with Gasteiger partial charge < -0.3 is 19.3 Å². The second kappa shape index (κ2) is 7.19. The van der Waals surface area contributed by atoms with E-state index >= 15 is 0 Å². The molecule has 0 saturated carbocycles. The van der Waals surface area contributed by atoms with Crippen LogP contribution >= 0.6 is 0 Å². The molecular weight excluding hydrogens is 270 g/mol. The molecule has 2 heterocycles. The zero-order chi connectivity index (χ0) is 14.3. The fourth-order valence-corrected chi connectivity index (χ4v) is 2.20. The van der Waals surface area contributed by atoms with Gasteiger partial charge in [-0.1, -0.05) is 23.4 Å². The zero-order valence-electron chi connectivity index (χ0n) is 11.8. The van der Waals surface area contributed by atoms with Crippen LogP contribution in [0.25, 0.3) is 0 Å². The summed E-state index contributed by atoms with van der Waals surface area (Å²) in [7, 11) is 0. The number of benzene rings is 1. The van der Waals surface area contributed by atoms with Crippen molar-refractivity contribution in [3.05, 3.63) is 42.0 Å². The number of nitrogens with zero attached hydrogens (tertiary/aromatic N) is 2. The first kappa shape index (κ1) is 14.0. The van der Waals surface area contributed by atoms with Crippen molar-refractivity contribution in [2.75, 3.05) is 26.3 Å². The van der Waals surface area contributed by atoms with E-state index in [1.807, 2.05) is 30.3 Å². The monoisotopic (exact) mass is 289 g/mol. The number of hydrogen-bond acceptors (Lipinski definition) is 6. The third kappa shape index (κ3) is 4.27. The summed E-state index contributed by atoms with van der Waals surface area (Å²) in [5, 5.41) is 7.25. The molecule has 1 aliphatic rings. The number of ether oxygens (including phenoxy) is 2. The quantitative estimate of drug-likeness (QED) is 0.862. The Labute approximate surface area is 123 Å². The Kier molecular flexibility index (Phi) is 4.81. The summed E-state index contributed by atoms with van der Waals surface area (Å²) >= 11 is 0. The van der Waals surface area contributed by atoms with Gasteiger partial charge in [-0.25, -0.2) is 0 Å². The average Bonchev–Trinajstić information content (AvgIpc) is 2.97. The van der Waals surface area contributed by atoms with Crippen LogP contribution in [0, 0.1) is 0 Å². The standard InChI is InChI=1S/C15H19N3O3/c1-2-4-12(5-3-1)19-8-6-14-17-15(21-18-14)10-13-11-16-7-9-20-13/h1-5,13,16H,6-11H2. The molecule has 1 aliphatic heterocycles. The summed E-state index contributed by atoms with van der Waals surface area (Å²) in [5.41, 5.74) is 0. The molecule has 1 atom stereocenters. The molecule has 0 bridgehead atoms. The minimum atomic E-state index is 0.118. The number of hydrogen-bond donors (Lipinski definition) is 1. The molecular formula is C15H19N3O3. The van der Waals surface area contributed by atoms with Crippen molar-refractivity contribution in [2.45, 2.75) is 18.9 Å². The molecule has 112 valence electrons. The fourth-order valence-electron chi connectivity index (χ4n) is 2.20. The smallest absolute Gasteiger partial charge is 0.229 e. The van der Waals surface area contributed by atoms with Crippen molar-refractivity contribution < 1.29 is 14.0 Å². The minimum absolute atomic E-state index is 0.118. The van der Waals surface area contributed by atoms with Gasteiger partial charge in [-0.3, -0.25) is 0 Å². The number of morpholine rings is 1. The number of rotatable bonds is 6. The normalized spacial score (nSPS) is 18.6. The summed E-state index contributed by atoms with van der Waals surface area (Å²) in [6, 6.07) is 9.70. The molecule has 3 rings (SSSR count). The molecule has 0 spiro atoms. The van der Waals surface area contributed by atoms with Crippen LogP contribution in [-0.4, -0.2) is 42.5 Å². The first-order valence-electron chi connectivity index (χ1n) is 7.22. The van der Waals surface area contributed by atoms with Crippen LogP contribution in [0.5, 0.6) is 5.75 Å². The Hall–Kier alpha value is -1.92. The molecule has 21 heavy (non-hydrogen) atoms. The minimum Gasteiger partial charge on any atom is -0.493 e. The topological polar surface area (TPSA) is 69.4 Å². The maximum Gasteiger partial charge on any atom is 0.229 e. The lowest BCUT2D eigenvalue weighted by Gasteiger charge is -2.21. The molecule has 1 unspecified atom stereocenters. The molecule has 1 aromatic carbocycles. The lowest BCUT2D eigenvalue weighted by atomic mass is 10.2. The van der Waals surface area contributed by atoms with E-state index in [4.69, 9.17) is 14.0 Å². The first-order valence-corrected chi connectivity index (χ1v) is 7.22. The summed E-state index contributed by atoms with van der Waals surface area (Å²) in [5.74, 6) is 2.14. The van der Waals surface area contributed by atoms with Crippen molar-refractivity contribution >= 4 is 0 Å². The maximum atomic E-state index is 5.62. The SMILES string of the molecule is c1ccc(OCCc2noc(CC3CNCCO3)n2)cc1. The Morgan fingerprint density at radius 2 is 2.19 bits per heavy atom. The largest absolute Gasteiger partial charge is 0.493 e. The Bertz CT molecular complexity index is 538. The van der Waals surface area contributed by atoms with Crippen molar-refractivity contribution in [2.24, 2.45) is 0 Å². The van der Waals surface area contributed by atoms with E-state index in [0.717, 1.165) is 25.4 Å². The Morgan fingerprint density at radius 3 is 3.00 bits per heavy atom. The number of nitrogens with one attached hydrogen (secondary N) is 1.